The zero-order valence-corrected chi connectivity index (χ0v) is 13.5. The number of rotatable bonds is 5. The van der Waals surface area contributed by atoms with Crippen molar-refractivity contribution in [3.63, 3.8) is 0 Å². The number of hydrogen-bond acceptors (Lipinski definition) is 3. The summed E-state index contributed by atoms with van der Waals surface area (Å²) in [5.74, 6) is 0.179. The van der Waals surface area contributed by atoms with Crippen LogP contribution in [0, 0.1) is 0 Å². The van der Waals surface area contributed by atoms with Crippen LogP contribution in [0.25, 0.3) is 0 Å². The Morgan fingerprint density at radius 2 is 1.78 bits per heavy atom. The molecule has 0 saturated heterocycles. The number of methoxy groups -OCH3 is 1. The van der Waals surface area contributed by atoms with Crippen molar-refractivity contribution in [2.45, 2.75) is 26.0 Å². The van der Waals surface area contributed by atoms with Gasteiger partial charge in [0.1, 0.15) is 5.75 Å². The van der Waals surface area contributed by atoms with E-state index < -0.39 is 0 Å². The molecule has 0 aliphatic carbocycles. The quantitative estimate of drug-likeness (QED) is 0.781. The van der Waals surface area contributed by atoms with E-state index in [1.165, 1.54) is 0 Å². The molecular weight excluding hydrogens is 292 g/mol. The van der Waals surface area contributed by atoms with Gasteiger partial charge in [-0.25, -0.2) is 4.79 Å². The Hall–Kier alpha value is -2.53. The van der Waals surface area contributed by atoms with Crippen LogP contribution in [0.1, 0.15) is 37.1 Å². The first-order valence-corrected chi connectivity index (χ1v) is 7.49. The van der Waals surface area contributed by atoms with Gasteiger partial charge in [-0.05, 0) is 49.2 Å². The molecule has 122 valence electrons. The predicted octanol–water partition coefficient (Wildman–Crippen LogP) is 3.98. The highest BCUT2D eigenvalue weighted by atomic mass is 16.5. The van der Waals surface area contributed by atoms with Gasteiger partial charge < -0.3 is 20.5 Å². The van der Waals surface area contributed by atoms with E-state index in [-0.39, 0.29) is 23.9 Å². The largest absolute Gasteiger partial charge is 0.508 e. The highest BCUT2D eigenvalue weighted by molar-refractivity contribution is 5.89. The van der Waals surface area contributed by atoms with Crippen molar-refractivity contribution in [3.8, 4) is 5.75 Å². The lowest BCUT2D eigenvalue weighted by Crippen LogP contribution is -2.31. The Bertz CT molecular complexity index is 673. The number of carbonyl (C=O) groups is 1. The maximum Gasteiger partial charge on any atom is 0.319 e. The molecule has 2 aromatic rings. The third kappa shape index (κ3) is 4.72. The number of urea groups is 1. The monoisotopic (exact) mass is 314 g/mol. The lowest BCUT2D eigenvalue weighted by molar-refractivity contribution is 0.119. The third-order valence-corrected chi connectivity index (χ3v) is 3.69. The summed E-state index contributed by atoms with van der Waals surface area (Å²) in [6.45, 7) is 3.81. The first-order chi connectivity index (χ1) is 11.0. The lowest BCUT2D eigenvalue weighted by atomic mass is 10.1. The molecule has 3 N–H and O–H groups in total. The van der Waals surface area contributed by atoms with Crippen molar-refractivity contribution < 1.29 is 14.6 Å². The molecule has 0 radical (unpaired) electrons. The SMILES string of the molecule is COC(C)c1cccc(NC(=O)N[C@@H](C)c2cccc(O)c2)c1. The van der Waals surface area contributed by atoms with Gasteiger partial charge in [-0.2, -0.15) is 0 Å². The van der Waals surface area contributed by atoms with Gasteiger partial charge in [-0.3, -0.25) is 0 Å². The molecule has 2 rings (SSSR count). The number of amides is 2. The molecule has 2 atom stereocenters. The van der Waals surface area contributed by atoms with Crippen LogP contribution in [0.15, 0.2) is 48.5 Å². The third-order valence-electron chi connectivity index (χ3n) is 3.69. The number of hydrogen-bond donors (Lipinski definition) is 3. The fourth-order valence-corrected chi connectivity index (χ4v) is 2.25. The zero-order chi connectivity index (χ0) is 16.8. The van der Waals surface area contributed by atoms with Crippen LogP contribution >= 0.6 is 0 Å². The van der Waals surface area contributed by atoms with E-state index in [9.17, 15) is 9.90 Å². The second-order valence-electron chi connectivity index (χ2n) is 5.42. The second kappa shape index (κ2) is 7.65. The minimum absolute atomic E-state index is 0.0361. The molecule has 0 heterocycles. The summed E-state index contributed by atoms with van der Waals surface area (Å²) in [6, 6.07) is 13.8. The highest BCUT2D eigenvalue weighted by Gasteiger charge is 2.11. The molecule has 5 heteroatoms. The fraction of sp³-hybridized carbons (Fsp3) is 0.278. The first-order valence-electron chi connectivity index (χ1n) is 7.49. The summed E-state index contributed by atoms with van der Waals surface area (Å²) in [4.78, 5) is 12.1. The topological polar surface area (TPSA) is 70.6 Å². The van der Waals surface area contributed by atoms with E-state index in [1.807, 2.05) is 44.2 Å². The highest BCUT2D eigenvalue weighted by Crippen LogP contribution is 2.20. The van der Waals surface area contributed by atoms with E-state index in [1.54, 1.807) is 25.3 Å². The van der Waals surface area contributed by atoms with E-state index in [4.69, 9.17) is 4.74 Å². The number of nitrogens with one attached hydrogen (secondary N) is 2. The normalized spacial score (nSPS) is 13.2. The van der Waals surface area contributed by atoms with E-state index in [0.717, 1.165) is 11.1 Å². The van der Waals surface area contributed by atoms with Crippen LogP contribution in [0.2, 0.25) is 0 Å². The molecule has 0 aliphatic rings. The van der Waals surface area contributed by atoms with Gasteiger partial charge in [0.2, 0.25) is 0 Å². The summed E-state index contributed by atoms with van der Waals surface area (Å²) in [7, 11) is 1.65. The van der Waals surface area contributed by atoms with Crippen molar-refractivity contribution in [2.75, 3.05) is 12.4 Å². The van der Waals surface area contributed by atoms with Crippen LogP contribution in [0.3, 0.4) is 0 Å². The molecule has 5 nitrogen and oxygen atoms in total. The van der Waals surface area contributed by atoms with Gasteiger partial charge >= 0.3 is 6.03 Å². The van der Waals surface area contributed by atoms with Crippen LogP contribution in [0.4, 0.5) is 10.5 Å². The van der Waals surface area contributed by atoms with Crippen LogP contribution in [-0.2, 0) is 4.74 Å². The molecule has 1 unspecified atom stereocenters. The average Bonchev–Trinajstić information content (AvgIpc) is 2.54. The summed E-state index contributed by atoms with van der Waals surface area (Å²) in [6.07, 6.45) is -0.0361. The summed E-state index contributed by atoms with van der Waals surface area (Å²) >= 11 is 0. The number of ether oxygens (including phenoxy) is 1. The Morgan fingerprint density at radius 3 is 2.48 bits per heavy atom. The number of carbonyl (C=O) groups excluding carboxylic acids is 1. The Kier molecular flexibility index (Phi) is 5.60. The molecule has 0 aromatic heterocycles. The standard InChI is InChI=1S/C18H22N2O3/c1-12(14-6-5-9-17(21)11-14)19-18(22)20-16-8-4-7-15(10-16)13(2)23-3/h4-13,21H,1-3H3,(H2,19,20,22)/t12-,13?/m0/s1. The van der Waals surface area contributed by atoms with Crippen LogP contribution < -0.4 is 10.6 Å². The summed E-state index contributed by atoms with van der Waals surface area (Å²) < 4.78 is 5.28. The lowest BCUT2D eigenvalue weighted by Gasteiger charge is -2.16. The fourth-order valence-electron chi connectivity index (χ4n) is 2.25. The van der Waals surface area contributed by atoms with Crippen molar-refractivity contribution in [2.24, 2.45) is 0 Å². The molecule has 2 amide bonds. The summed E-state index contributed by atoms with van der Waals surface area (Å²) in [5.41, 5.74) is 2.53. The molecule has 0 spiro atoms. The van der Waals surface area contributed by atoms with E-state index >= 15 is 0 Å². The van der Waals surface area contributed by atoms with Crippen molar-refractivity contribution in [3.05, 3.63) is 59.7 Å². The number of benzene rings is 2. The van der Waals surface area contributed by atoms with Gasteiger partial charge in [0.25, 0.3) is 0 Å². The Labute approximate surface area is 136 Å². The van der Waals surface area contributed by atoms with Crippen molar-refractivity contribution in [1.82, 2.24) is 5.32 Å². The van der Waals surface area contributed by atoms with Gasteiger partial charge in [0, 0.05) is 12.8 Å². The van der Waals surface area contributed by atoms with Gasteiger partial charge in [-0.15, -0.1) is 0 Å². The maximum atomic E-state index is 12.1. The number of phenols is 1. The number of anilines is 1. The molecule has 0 fully saturated rings. The molecule has 2 aromatic carbocycles. The van der Waals surface area contributed by atoms with Crippen molar-refractivity contribution in [1.29, 1.82) is 0 Å². The predicted molar refractivity (Wildman–Crippen MR) is 90.5 cm³/mol. The molecular formula is C18H22N2O3. The maximum absolute atomic E-state index is 12.1. The first kappa shape index (κ1) is 16.8. The minimum Gasteiger partial charge on any atom is -0.508 e. The van der Waals surface area contributed by atoms with Gasteiger partial charge in [-0.1, -0.05) is 24.3 Å². The van der Waals surface area contributed by atoms with E-state index in [0.29, 0.717) is 5.69 Å². The van der Waals surface area contributed by atoms with Crippen LogP contribution in [0.5, 0.6) is 5.75 Å². The van der Waals surface area contributed by atoms with Crippen molar-refractivity contribution >= 4 is 11.7 Å². The number of aromatic hydroxyl groups is 1. The Balaban J connectivity index is 1.99. The summed E-state index contributed by atoms with van der Waals surface area (Å²) in [5, 5.41) is 15.1. The molecule has 0 aliphatic heterocycles. The van der Waals surface area contributed by atoms with Crippen LogP contribution in [-0.4, -0.2) is 18.2 Å². The number of phenolic OH excluding ortho intramolecular Hbond substituents is 1. The minimum atomic E-state index is -0.303. The second-order valence-corrected chi connectivity index (χ2v) is 5.42. The molecule has 0 bridgehead atoms. The molecule has 0 saturated carbocycles. The van der Waals surface area contributed by atoms with Gasteiger partial charge in [0.15, 0.2) is 0 Å². The molecule has 23 heavy (non-hydrogen) atoms. The van der Waals surface area contributed by atoms with Gasteiger partial charge in [0.05, 0.1) is 12.1 Å². The van der Waals surface area contributed by atoms with E-state index in [2.05, 4.69) is 10.6 Å². The zero-order valence-electron chi connectivity index (χ0n) is 13.5. The Morgan fingerprint density at radius 1 is 1.09 bits per heavy atom. The average molecular weight is 314 g/mol. The smallest absolute Gasteiger partial charge is 0.319 e.